The van der Waals surface area contributed by atoms with Crippen LogP contribution in [0.4, 0.5) is 4.39 Å². The van der Waals surface area contributed by atoms with Crippen molar-refractivity contribution in [3.8, 4) is 0 Å². The molecule has 1 atom stereocenters. The molecule has 0 fully saturated rings. The van der Waals surface area contributed by atoms with E-state index >= 15 is 0 Å². The van der Waals surface area contributed by atoms with E-state index in [-0.39, 0.29) is 12.6 Å². The van der Waals surface area contributed by atoms with Crippen LogP contribution in [-0.4, -0.2) is 12.4 Å². The van der Waals surface area contributed by atoms with E-state index in [2.05, 4.69) is 31.2 Å². The van der Waals surface area contributed by atoms with Crippen LogP contribution in [0.25, 0.3) is 0 Å². The molecule has 0 saturated carbocycles. The zero-order valence-corrected chi connectivity index (χ0v) is 8.90. The second kappa shape index (κ2) is 5.28. The summed E-state index contributed by atoms with van der Waals surface area (Å²) in [5.41, 5.74) is 1.27. The van der Waals surface area contributed by atoms with Crippen LogP contribution in [0.3, 0.4) is 0 Å². The summed E-state index contributed by atoms with van der Waals surface area (Å²) in [6, 6.07) is 8.35. The molecule has 0 saturated heterocycles. The fourth-order valence-electron chi connectivity index (χ4n) is 0.918. The van der Waals surface area contributed by atoms with Crippen LogP contribution in [-0.2, 0) is 0 Å². The van der Waals surface area contributed by atoms with Crippen molar-refractivity contribution in [1.82, 2.24) is 0 Å². The summed E-state index contributed by atoms with van der Waals surface area (Å²) in [4.78, 5) is 1.23. The van der Waals surface area contributed by atoms with Crippen LogP contribution in [0.5, 0.6) is 0 Å². The number of thioether (sulfide) groups is 1. The standard InChI is InChI=1S/C11H15FS/c1-9-3-5-11(6-4-9)13-8-10(2)7-12/h3-6,10H,7-8H2,1-2H3. The van der Waals surface area contributed by atoms with E-state index in [1.165, 1.54) is 10.5 Å². The molecule has 0 radical (unpaired) electrons. The average Bonchev–Trinajstić information content (AvgIpc) is 2.16. The van der Waals surface area contributed by atoms with Crippen LogP contribution in [0, 0.1) is 12.8 Å². The van der Waals surface area contributed by atoms with Gasteiger partial charge in [0.2, 0.25) is 0 Å². The Morgan fingerprint density at radius 1 is 1.31 bits per heavy atom. The summed E-state index contributed by atoms with van der Waals surface area (Å²) in [5, 5.41) is 0. The predicted molar refractivity (Wildman–Crippen MR) is 57.0 cm³/mol. The largest absolute Gasteiger partial charge is 0.251 e. The molecule has 0 aromatic heterocycles. The Bertz CT molecular complexity index is 243. The van der Waals surface area contributed by atoms with Gasteiger partial charge in [-0.25, -0.2) is 0 Å². The van der Waals surface area contributed by atoms with E-state index in [9.17, 15) is 4.39 Å². The van der Waals surface area contributed by atoms with Crippen LogP contribution in [0.1, 0.15) is 12.5 Å². The summed E-state index contributed by atoms with van der Waals surface area (Å²) in [5.74, 6) is 1.02. The highest BCUT2D eigenvalue weighted by atomic mass is 32.2. The summed E-state index contributed by atoms with van der Waals surface area (Å²) in [7, 11) is 0. The second-order valence-electron chi connectivity index (χ2n) is 3.38. The molecule has 1 unspecified atom stereocenters. The minimum Gasteiger partial charge on any atom is -0.251 e. The normalized spacial score (nSPS) is 12.8. The Morgan fingerprint density at radius 2 is 1.92 bits per heavy atom. The third kappa shape index (κ3) is 3.81. The van der Waals surface area contributed by atoms with E-state index in [1.54, 1.807) is 11.8 Å². The lowest BCUT2D eigenvalue weighted by molar-refractivity contribution is 0.409. The number of hydrogen-bond acceptors (Lipinski definition) is 1. The molecule has 13 heavy (non-hydrogen) atoms. The van der Waals surface area contributed by atoms with Gasteiger partial charge in [0, 0.05) is 10.6 Å². The van der Waals surface area contributed by atoms with Gasteiger partial charge in [0.25, 0.3) is 0 Å². The lowest BCUT2D eigenvalue weighted by Crippen LogP contribution is -1.99. The van der Waals surface area contributed by atoms with Gasteiger partial charge in [0.05, 0.1) is 6.67 Å². The maximum atomic E-state index is 12.1. The lowest BCUT2D eigenvalue weighted by atomic mass is 10.2. The van der Waals surface area contributed by atoms with Crippen molar-refractivity contribution in [3.63, 3.8) is 0 Å². The molecule has 0 aliphatic carbocycles. The quantitative estimate of drug-likeness (QED) is 0.665. The molecular formula is C11H15FS. The molecular weight excluding hydrogens is 183 g/mol. The minimum absolute atomic E-state index is 0.159. The highest BCUT2D eigenvalue weighted by molar-refractivity contribution is 7.99. The predicted octanol–water partition coefficient (Wildman–Crippen LogP) is 3.69. The summed E-state index contributed by atoms with van der Waals surface area (Å²) in [6.07, 6.45) is 0. The van der Waals surface area contributed by atoms with E-state index in [1.807, 2.05) is 6.92 Å². The van der Waals surface area contributed by atoms with Crippen molar-refractivity contribution in [3.05, 3.63) is 29.8 Å². The van der Waals surface area contributed by atoms with Crippen molar-refractivity contribution in [2.75, 3.05) is 12.4 Å². The van der Waals surface area contributed by atoms with Crippen molar-refractivity contribution in [2.45, 2.75) is 18.7 Å². The molecule has 2 heteroatoms. The van der Waals surface area contributed by atoms with Gasteiger partial charge in [-0.15, -0.1) is 11.8 Å². The number of hydrogen-bond donors (Lipinski definition) is 0. The van der Waals surface area contributed by atoms with Gasteiger partial charge in [-0.3, -0.25) is 4.39 Å². The fraction of sp³-hybridized carbons (Fsp3) is 0.455. The molecule has 72 valence electrons. The molecule has 1 aromatic carbocycles. The van der Waals surface area contributed by atoms with E-state index < -0.39 is 0 Å². The van der Waals surface area contributed by atoms with Gasteiger partial charge in [-0.2, -0.15) is 0 Å². The Kier molecular flexibility index (Phi) is 4.29. The van der Waals surface area contributed by atoms with Crippen LogP contribution in [0.2, 0.25) is 0 Å². The third-order valence-corrected chi connectivity index (χ3v) is 3.16. The topological polar surface area (TPSA) is 0 Å². The van der Waals surface area contributed by atoms with Gasteiger partial charge in [0.15, 0.2) is 0 Å². The zero-order valence-electron chi connectivity index (χ0n) is 8.09. The zero-order chi connectivity index (χ0) is 9.68. The summed E-state index contributed by atoms with van der Waals surface area (Å²) in [6.45, 7) is 3.78. The Labute approximate surface area is 83.5 Å². The molecule has 0 amide bonds. The first-order valence-electron chi connectivity index (χ1n) is 4.48. The number of rotatable bonds is 4. The van der Waals surface area contributed by atoms with Gasteiger partial charge in [-0.1, -0.05) is 24.6 Å². The molecule has 0 aliphatic heterocycles. The summed E-state index contributed by atoms with van der Waals surface area (Å²) >= 11 is 1.72. The molecule has 1 aromatic rings. The molecule has 1 rings (SSSR count). The fourth-order valence-corrected chi connectivity index (χ4v) is 1.81. The maximum absolute atomic E-state index is 12.1. The van der Waals surface area contributed by atoms with Gasteiger partial charge in [0.1, 0.15) is 0 Å². The van der Waals surface area contributed by atoms with E-state index in [0.29, 0.717) is 0 Å². The monoisotopic (exact) mass is 198 g/mol. The Morgan fingerprint density at radius 3 is 2.46 bits per heavy atom. The van der Waals surface area contributed by atoms with E-state index in [4.69, 9.17) is 0 Å². The Hall–Kier alpha value is -0.500. The maximum Gasteiger partial charge on any atom is 0.0927 e. The number of alkyl halides is 1. The first-order valence-corrected chi connectivity index (χ1v) is 5.46. The number of benzene rings is 1. The highest BCUT2D eigenvalue weighted by Gasteiger charge is 2.01. The molecule has 0 nitrogen and oxygen atoms in total. The van der Waals surface area contributed by atoms with Gasteiger partial charge >= 0.3 is 0 Å². The molecule has 0 heterocycles. The molecule has 0 aliphatic rings. The van der Waals surface area contributed by atoms with E-state index in [0.717, 1.165) is 5.75 Å². The number of halogens is 1. The SMILES string of the molecule is Cc1ccc(SCC(C)CF)cc1. The van der Waals surface area contributed by atoms with Gasteiger partial charge in [-0.05, 0) is 25.0 Å². The van der Waals surface area contributed by atoms with Crippen LogP contribution in [0.15, 0.2) is 29.2 Å². The lowest BCUT2D eigenvalue weighted by Gasteiger charge is -2.05. The molecule has 0 spiro atoms. The summed E-state index contributed by atoms with van der Waals surface area (Å²) < 4.78 is 12.1. The average molecular weight is 198 g/mol. The first-order chi connectivity index (χ1) is 6.22. The first kappa shape index (κ1) is 10.6. The van der Waals surface area contributed by atoms with Crippen LogP contribution < -0.4 is 0 Å². The second-order valence-corrected chi connectivity index (χ2v) is 4.48. The van der Waals surface area contributed by atoms with Crippen molar-refractivity contribution in [1.29, 1.82) is 0 Å². The Balaban J connectivity index is 2.41. The number of aryl methyl sites for hydroxylation is 1. The van der Waals surface area contributed by atoms with Crippen LogP contribution >= 0.6 is 11.8 Å². The van der Waals surface area contributed by atoms with Crippen molar-refractivity contribution >= 4 is 11.8 Å². The van der Waals surface area contributed by atoms with Gasteiger partial charge < -0.3 is 0 Å². The third-order valence-electron chi connectivity index (χ3n) is 1.82. The molecule has 0 N–H and O–H groups in total. The van der Waals surface area contributed by atoms with Crippen molar-refractivity contribution in [2.24, 2.45) is 5.92 Å². The minimum atomic E-state index is -0.223. The smallest absolute Gasteiger partial charge is 0.0927 e. The van der Waals surface area contributed by atoms with Crippen molar-refractivity contribution < 1.29 is 4.39 Å². The highest BCUT2D eigenvalue weighted by Crippen LogP contribution is 2.20. The molecule has 0 bridgehead atoms.